The highest BCUT2D eigenvalue weighted by atomic mass is 16.4. The summed E-state index contributed by atoms with van der Waals surface area (Å²) in [6.07, 6.45) is -3.89. The lowest BCUT2D eigenvalue weighted by Gasteiger charge is -2.32. The predicted molar refractivity (Wildman–Crippen MR) is 245 cm³/mol. The summed E-state index contributed by atoms with van der Waals surface area (Å²) in [5.41, 5.74) is 15.9. The fourth-order valence-corrected chi connectivity index (χ4v) is 7.05. The van der Waals surface area contributed by atoms with Crippen LogP contribution in [0.15, 0.2) is 0 Å². The smallest absolute Gasteiger partial charge is 0.326 e. The van der Waals surface area contributed by atoms with Crippen molar-refractivity contribution in [2.75, 3.05) is 19.6 Å². The number of hydrogen-bond acceptors (Lipinski definition) is 16. The molecule has 0 aliphatic carbocycles. The SMILES string of the molecule is CC(C)C[C@H](NC(=O)[C@H](CCC(=O)O)NC(=O)[C@@H](NC(=O)[C@@H]1CCCN1C(=O)[C@@H](NC(=O)[C@H](C)NC(=O)[C@H](CC(N)=O)NC(=O)CN)[C@@H](C)O)[C@@H](C)O)C(=O)N[C@@H](C)C(=O)N[C@@H](CCCCN)C(=O)O. The van der Waals surface area contributed by atoms with Crippen LogP contribution in [0.2, 0.25) is 0 Å². The van der Waals surface area contributed by atoms with Gasteiger partial charge < -0.3 is 85.1 Å². The highest BCUT2D eigenvalue weighted by molar-refractivity contribution is 5.99. The van der Waals surface area contributed by atoms with Gasteiger partial charge in [0.05, 0.1) is 25.2 Å². The van der Waals surface area contributed by atoms with Crippen molar-refractivity contribution in [3.05, 3.63) is 0 Å². The molecule has 1 fully saturated rings. The van der Waals surface area contributed by atoms with E-state index < -0.39 is 163 Å². The third-order valence-electron chi connectivity index (χ3n) is 10.9. The standard InChI is InChI=1S/C42H72N12O16/c1-19(2)16-26(37(64)46-20(3)34(61)50-25(42(69)70)10-7-8-14-43)51-36(63)24(12-13-31(59)60)49-40(67)32(22(5)55)52-39(66)28-11-9-15-54(28)41(68)33(23(6)56)53-35(62)21(4)47-38(65)27(17-29(45)57)48-30(58)18-44/h19-28,32-33,55-56H,7-18,43-44H2,1-6H3,(H2,45,57)(H,46,64)(H,47,65)(H,48,58)(H,49,67)(H,50,61)(H,51,63)(H,52,66)(H,53,62)(H,59,60)(H,69,70)/t20-,21-,22+,23+,24-,25-,26-,27-,28-,32-,33-/m0/s1. The van der Waals surface area contributed by atoms with Gasteiger partial charge in [-0.3, -0.25) is 52.7 Å². The first kappa shape index (κ1) is 61.5. The van der Waals surface area contributed by atoms with Crippen LogP contribution >= 0.6 is 0 Å². The average molecular weight is 1000 g/mol. The molecule has 0 spiro atoms. The second-order valence-electron chi connectivity index (χ2n) is 17.5. The van der Waals surface area contributed by atoms with Crippen LogP contribution in [0.25, 0.3) is 0 Å². The highest BCUT2D eigenvalue weighted by Crippen LogP contribution is 2.20. The van der Waals surface area contributed by atoms with Gasteiger partial charge in [-0.05, 0) is 85.1 Å². The summed E-state index contributed by atoms with van der Waals surface area (Å²) in [4.78, 5) is 155. The van der Waals surface area contributed by atoms with Crippen LogP contribution in [0, 0.1) is 5.92 Å². The number of nitrogens with one attached hydrogen (secondary N) is 8. The Hall–Kier alpha value is -6.52. The highest BCUT2D eigenvalue weighted by Gasteiger charge is 2.42. The second-order valence-corrected chi connectivity index (χ2v) is 17.5. The van der Waals surface area contributed by atoms with E-state index in [0.29, 0.717) is 19.4 Å². The number of carboxylic acid groups (broad SMARTS) is 2. The maximum absolute atomic E-state index is 13.9. The summed E-state index contributed by atoms with van der Waals surface area (Å²) in [7, 11) is 0. The first-order valence-corrected chi connectivity index (χ1v) is 22.9. The first-order chi connectivity index (χ1) is 32.6. The monoisotopic (exact) mass is 1000 g/mol. The lowest BCUT2D eigenvalue weighted by Crippen LogP contribution is -2.62. The molecule has 0 bridgehead atoms. The molecular weight excluding hydrogens is 929 g/mol. The molecule has 10 amide bonds. The molecule has 396 valence electrons. The van der Waals surface area contributed by atoms with E-state index in [1.165, 1.54) is 13.8 Å². The quantitative estimate of drug-likeness (QED) is 0.0287. The largest absolute Gasteiger partial charge is 0.481 e. The van der Waals surface area contributed by atoms with Crippen molar-refractivity contribution >= 4 is 71.0 Å². The molecule has 0 aromatic rings. The minimum atomic E-state index is -1.83. The van der Waals surface area contributed by atoms with Crippen LogP contribution in [0.5, 0.6) is 0 Å². The van der Waals surface area contributed by atoms with E-state index >= 15 is 0 Å². The van der Waals surface area contributed by atoms with Crippen LogP contribution in [0.4, 0.5) is 0 Å². The topological polar surface area (TPSA) is 463 Å². The van der Waals surface area contributed by atoms with Crippen molar-refractivity contribution in [3.63, 3.8) is 0 Å². The number of nitrogens with two attached hydrogens (primary N) is 3. The van der Waals surface area contributed by atoms with Gasteiger partial charge in [0.25, 0.3) is 0 Å². The van der Waals surface area contributed by atoms with Gasteiger partial charge in [-0.2, -0.15) is 0 Å². The number of nitrogens with zero attached hydrogens (tertiary/aromatic N) is 1. The molecule has 1 rings (SSSR count). The molecule has 70 heavy (non-hydrogen) atoms. The molecule has 1 saturated heterocycles. The van der Waals surface area contributed by atoms with Gasteiger partial charge in [0.1, 0.15) is 54.4 Å². The van der Waals surface area contributed by atoms with E-state index in [-0.39, 0.29) is 38.1 Å². The summed E-state index contributed by atoms with van der Waals surface area (Å²) in [5.74, 6) is -12.5. The van der Waals surface area contributed by atoms with Crippen molar-refractivity contribution in [1.82, 2.24) is 47.4 Å². The predicted octanol–water partition coefficient (Wildman–Crippen LogP) is -6.38. The molecular formula is C42H72N12O16. The van der Waals surface area contributed by atoms with Gasteiger partial charge in [-0.1, -0.05) is 13.8 Å². The summed E-state index contributed by atoms with van der Waals surface area (Å²) in [5, 5.41) is 58.9. The molecule has 0 unspecified atom stereocenters. The summed E-state index contributed by atoms with van der Waals surface area (Å²) >= 11 is 0. The Bertz CT molecular complexity index is 1880. The number of primary amides is 1. The average Bonchev–Trinajstić information content (AvgIpc) is 3.77. The first-order valence-electron chi connectivity index (χ1n) is 22.9. The zero-order chi connectivity index (χ0) is 53.6. The number of aliphatic hydroxyl groups excluding tert-OH is 2. The fourth-order valence-electron chi connectivity index (χ4n) is 7.05. The normalized spacial score (nSPS) is 17.6. The number of rotatable bonds is 31. The Morgan fingerprint density at radius 1 is 0.600 bits per heavy atom. The fraction of sp³-hybridized carbons (Fsp3) is 0.714. The van der Waals surface area contributed by atoms with Crippen molar-refractivity contribution < 1.29 is 78.0 Å². The number of aliphatic hydroxyl groups is 2. The summed E-state index contributed by atoms with van der Waals surface area (Å²) in [6, 6.07) is -13.4. The number of unbranched alkanes of at least 4 members (excludes halogenated alkanes) is 1. The van der Waals surface area contributed by atoms with Crippen molar-refractivity contribution in [1.29, 1.82) is 0 Å². The lowest BCUT2D eigenvalue weighted by molar-refractivity contribution is -0.145. The molecule has 28 nitrogen and oxygen atoms in total. The lowest BCUT2D eigenvalue weighted by atomic mass is 10.0. The molecule has 0 aromatic heterocycles. The van der Waals surface area contributed by atoms with E-state index in [0.717, 1.165) is 18.7 Å². The Morgan fingerprint density at radius 3 is 1.63 bits per heavy atom. The van der Waals surface area contributed by atoms with Gasteiger partial charge >= 0.3 is 11.9 Å². The van der Waals surface area contributed by atoms with Crippen LogP contribution in [0.3, 0.4) is 0 Å². The van der Waals surface area contributed by atoms with Crippen LogP contribution in [-0.4, -0.2) is 183 Å². The number of aliphatic carboxylic acids is 2. The van der Waals surface area contributed by atoms with E-state index in [1.807, 2.05) is 0 Å². The van der Waals surface area contributed by atoms with E-state index in [9.17, 15) is 78.0 Å². The third kappa shape index (κ3) is 21.0. The van der Waals surface area contributed by atoms with Crippen LogP contribution in [-0.2, 0) is 57.5 Å². The molecule has 28 heteroatoms. The second kappa shape index (κ2) is 30.2. The van der Waals surface area contributed by atoms with Crippen molar-refractivity contribution in [3.8, 4) is 0 Å². The zero-order valence-electron chi connectivity index (χ0n) is 40.3. The molecule has 0 aromatic carbocycles. The maximum atomic E-state index is 13.9. The van der Waals surface area contributed by atoms with E-state index in [1.54, 1.807) is 13.8 Å². The number of carboxylic acids is 2. The molecule has 0 saturated carbocycles. The van der Waals surface area contributed by atoms with Gasteiger partial charge in [0.15, 0.2) is 0 Å². The van der Waals surface area contributed by atoms with Crippen molar-refractivity contribution in [2.45, 2.75) is 166 Å². The Morgan fingerprint density at radius 2 is 1.13 bits per heavy atom. The molecule has 11 atom stereocenters. The molecule has 18 N–H and O–H groups in total. The van der Waals surface area contributed by atoms with Gasteiger partial charge in [-0.15, -0.1) is 0 Å². The Labute approximate surface area is 404 Å². The molecule has 1 heterocycles. The van der Waals surface area contributed by atoms with Gasteiger partial charge in [-0.25, -0.2) is 4.79 Å². The van der Waals surface area contributed by atoms with Crippen LogP contribution < -0.4 is 59.7 Å². The number of carbonyl (C=O) groups excluding carboxylic acids is 10. The summed E-state index contributed by atoms with van der Waals surface area (Å²) in [6.45, 7) is 7.91. The van der Waals surface area contributed by atoms with Crippen molar-refractivity contribution in [2.24, 2.45) is 23.1 Å². The maximum Gasteiger partial charge on any atom is 0.326 e. The summed E-state index contributed by atoms with van der Waals surface area (Å²) < 4.78 is 0. The van der Waals surface area contributed by atoms with Crippen LogP contribution in [0.1, 0.15) is 99.3 Å². The number of amides is 10. The van der Waals surface area contributed by atoms with E-state index in [2.05, 4.69) is 42.5 Å². The zero-order valence-corrected chi connectivity index (χ0v) is 40.3. The minimum absolute atomic E-state index is 0.00653. The number of hydrogen-bond donors (Lipinski definition) is 15. The Balaban J connectivity index is 3.23. The van der Waals surface area contributed by atoms with Gasteiger partial charge in [0, 0.05) is 13.0 Å². The number of likely N-dealkylation sites (tertiary alicyclic amines) is 1. The van der Waals surface area contributed by atoms with E-state index in [4.69, 9.17) is 17.2 Å². The Kier molecular flexibility index (Phi) is 26.5. The molecule has 1 aliphatic heterocycles. The minimum Gasteiger partial charge on any atom is -0.481 e. The third-order valence-corrected chi connectivity index (χ3v) is 10.9. The number of carbonyl (C=O) groups is 12. The molecule has 0 radical (unpaired) electrons. The van der Waals surface area contributed by atoms with Gasteiger partial charge in [0.2, 0.25) is 59.1 Å². The molecule has 1 aliphatic rings.